The highest BCUT2D eigenvalue weighted by Gasteiger charge is 2.30. The molecule has 1 aliphatic rings. The van der Waals surface area contributed by atoms with E-state index >= 15 is 0 Å². The Morgan fingerprint density at radius 2 is 2.29 bits per heavy atom. The van der Waals surface area contributed by atoms with Crippen LogP contribution in [-0.2, 0) is 0 Å². The first-order chi connectivity index (χ1) is 6.72. The SMILES string of the molecule is CCC(C)C(N)c1noc(C2CC2)n1. The topological polar surface area (TPSA) is 64.9 Å². The first kappa shape index (κ1) is 9.65. The van der Waals surface area contributed by atoms with Gasteiger partial charge in [-0.3, -0.25) is 0 Å². The molecule has 2 rings (SSSR count). The summed E-state index contributed by atoms with van der Waals surface area (Å²) in [6, 6.07) is -0.0868. The highest BCUT2D eigenvalue weighted by Crippen LogP contribution is 2.39. The van der Waals surface area contributed by atoms with Crippen LogP contribution in [0, 0.1) is 5.92 Å². The van der Waals surface area contributed by atoms with Gasteiger partial charge in [0.1, 0.15) is 0 Å². The average molecular weight is 195 g/mol. The summed E-state index contributed by atoms with van der Waals surface area (Å²) in [5, 5.41) is 3.94. The number of nitrogens with two attached hydrogens (primary N) is 1. The monoisotopic (exact) mass is 195 g/mol. The Balaban J connectivity index is 2.07. The molecule has 1 heterocycles. The lowest BCUT2D eigenvalue weighted by Crippen LogP contribution is -2.19. The van der Waals surface area contributed by atoms with Gasteiger partial charge in [-0.2, -0.15) is 4.98 Å². The van der Waals surface area contributed by atoms with E-state index in [1.165, 1.54) is 12.8 Å². The van der Waals surface area contributed by atoms with E-state index < -0.39 is 0 Å². The maximum Gasteiger partial charge on any atom is 0.229 e. The first-order valence-electron chi connectivity index (χ1n) is 5.31. The number of aromatic nitrogens is 2. The van der Waals surface area contributed by atoms with Crippen molar-refractivity contribution in [2.75, 3.05) is 0 Å². The largest absolute Gasteiger partial charge is 0.339 e. The second kappa shape index (κ2) is 3.69. The van der Waals surface area contributed by atoms with E-state index in [4.69, 9.17) is 10.3 Å². The van der Waals surface area contributed by atoms with Crippen LogP contribution in [-0.4, -0.2) is 10.1 Å². The summed E-state index contributed by atoms with van der Waals surface area (Å²) in [4.78, 5) is 4.34. The molecule has 2 atom stereocenters. The molecule has 14 heavy (non-hydrogen) atoms. The summed E-state index contributed by atoms with van der Waals surface area (Å²) in [6.07, 6.45) is 3.40. The van der Waals surface area contributed by atoms with Gasteiger partial charge >= 0.3 is 0 Å². The second-order valence-electron chi connectivity index (χ2n) is 4.18. The average Bonchev–Trinajstić information content (AvgIpc) is 2.94. The van der Waals surface area contributed by atoms with E-state index in [1.807, 2.05) is 0 Å². The molecule has 0 saturated heterocycles. The van der Waals surface area contributed by atoms with Crippen molar-refractivity contribution in [3.8, 4) is 0 Å². The molecule has 78 valence electrons. The number of hydrogen-bond donors (Lipinski definition) is 1. The predicted molar refractivity (Wildman–Crippen MR) is 52.7 cm³/mol. The third kappa shape index (κ3) is 1.80. The molecule has 1 aromatic rings. The van der Waals surface area contributed by atoms with Crippen LogP contribution in [0.3, 0.4) is 0 Å². The molecule has 0 aliphatic heterocycles. The lowest BCUT2D eigenvalue weighted by molar-refractivity contribution is 0.358. The zero-order valence-corrected chi connectivity index (χ0v) is 8.73. The standard InChI is InChI=1S/C10H17N3O/c1-3-6(2)8(11)9-12-10(14-13-9)7-4-5-7/h6-8H,3-5,11H2,1-2H3. The zero-order valence-electron chi connectivity index (χ0n) is 8.73. The van der Waals surface area contributed by atoms with Crippen LogP contribution in [0.2, 0.25) is 0 Å². The summed E-state index contributed by atoms with van der Waals surface area (Å²) in [5.74, 6) is 2.36. The van der Waals surface area contributed by atoms with E-state index in [9.17, 15) is 0 Å². The van der Waals surface area contributed by atoms with Crippen molar-refractivity contribution >= 4 is 0 Å². The normalized spacial score (nSPS) is 20.8. The van der Waals surface area contributed by atoms with Crippen LogP contribution in [0.1, 0.15) is 56.8 Å². The Morgan fingerprint density at radius 1 is 1.57 bits per heavy atom. The van der Waals surface area contributed by atoms with Crippen molar-refractivity contribution in [2.24, 2.45) is 11.7 Å². The van der Waals surface area contributed by atoms with E-state index in [-0.39, 0.29) is 6.04 Å². The fourth-order valence-electron chi connectivity index (χ4n) is 1.39. The van der Waals surface area contributed by atoms with Gasteiger partial charge in [-0.1, -0.05) is 25.4 Å². The van der Waals surface area contributed by atoms with E-state index in [0.717, 1.165) is 12.3 Å². The van der Waals surface area contributed by atoms with Gasteiger partial charge < -0.3 is 10.3 Å². The maximum atomic E-state index is 6.00. The van der Waals surface area contributed by atoms with Crippen LogP contribution < -0.4 is 5.73 Å². The minimum absolute atomic E-state index is 0.0868. The lowest BCUT2D eigenvalue weighted by Gasteiger charge is -2.13. The third-order valence-corrected chi connectivity index (χ3v) is 2.94. The van der Waals surface area contributed by atoms with Crippen LogP contribution in [0.25, 0.3) is 0 Å². The summed E-state index contributed by atoms with van der Waals surface area (Å²) in [7, 11) is 0. The summed E-state index contributed by atoms with van der Waals surface area (Å²) >= 11 is 0. The van der Waals surface area contributed by atoms with Crippen molar-refractivity contribution in [3.05, 3.63) is 11.7 Å². The van der Waals surface area contributed by atoms with Crippen molar-refractivity contribution in [1.82, 2.24) is 10.1 Å². The predicted octanol–water partition coefficient (Wildman–Crippen LogP) is 1.99. The van der Waals surface area contributed by atoms with E-state index in [2.05, 4.69) is 24.0 Å². The second-order valence-corrected chi connectivity index (χ2v) is 4.18. The Hall–Kier alpha value is -0.900. The Labute approximate surface area is 83.9 Å². The maximum absolute atomic E-state index is 6.00. The summed E-state index contributed by atoms with van der Waals surface area (Å²) < 4.78 is 5.16. The van der Waals surface area contributed by atoms with Gasteiger partial charge in [-0.25, -0.2) is 0 Å². The van der Waals surface area contributed by atoms with Crippen LogP contribution in [0.5, 0.6) is 0 Å². The fraction of sp³-hybridized carbons (Fsp3) is 0.800. The van der Waals surface area contributed by atoms with Crippen molar-refractivity contribution in [1.29, 1.82) is 0 Å². The van der Waals surface area contributed by atoms with E-state index in [1.54, 1.807) is 0 Å². The van der Waals surface area contributed by atoms with Crippen LogP contribution >= 0.6 is 0 Å². The Morgan fingerprint density at radius 3 is 2.86 bits per heavy atom. The van der Waals surface area contributed by atoms with Gasteiger partial charge in [0, 0.05) is 5.92 Å². The Bertz CT molecular complexity index is 306. The van der Waals surface area contributed by atoms with Gasteiger partial charge in [0.05, 0.1) is 6.04 Å². The van der Waals surface area contributed by atoms with Crippen molar-refractivity contribution in [2.45, 2.75) is 45.1 Å². The van der Waals surface area contributed by atoms with Crippen molar-refractivity contribution in [3.63, 3.8) is 0 Å². The minimum atomic E-state index is -0.0868. The number of rotatable bonds is 4. The molecule has 0 spiro atoms. The molecule has 2 unspecified atom stereocenters. The molecule has 0 aromatic carbocycles. The smallest absolute Gasteiger partial charge is 0.229 e. The first-order valence-corrected chi connectivity index (χ1v) is 5.31. The van der Waals surface area contributed by atoms with Gasteiger partial charge in [0.15, 0.2) is 5.82 Å². The molecule has 0 bridgehead atoms. The molecule has 1 aromatic heterocycles. The number of hydrogen-bond acceptors (Lipinski definition) is 4. The fourth-order valence-corrected chi connectivity index (χ4v) is 1.39. The minimum Gasteiger partial charge on any atom is -0.339 e. The van der Waals surface area contributed by atoms with Gasteiger partial charge in [-0.15, -0.1) is 0 Å². The third-order valence-electron chi connectivity index (χ3n) is 2.94. The molecular formula is C10H17N3O. The van der Waals surface area contributed by atoms with E-state index in [0.29, 0.717) is 17.7 Å². The van der Waals surface area contributed by atoms with Gasteiger partial charge in [0.25, 0.3) is 0 Å². The highest BCUT2D eigenvalue weighted by molar-refractivity contribution is 5.04. The molecule has 2 N–H and O–H groups in total. The van der Waals surface area contributed by atoms with Crippen LogP contribution in [0.4, 0.5) is 0 Å². The molecule has 4 nitrogen and oxygen atoms in total. The molecule has 0 radical (unpaired) electrons. The van der Waals surface area contributed by atoms with Gasteiger partial charge in [0.2, 0.25) is 5.89 Å². The summed E-state index contributed by atoms with van der Waals surface area (Å²) in [5.41, 5.74) is 6.00. The van der Waals surface area contributed by atoms with Gasteiger partial charge in [-0.05, 0) is 18.8 Å². The zero-order chi connectivity index (χ0) is 10.1. The molecule has 4 heteroatoms. The molecule has 1 saturated carbocycles. The number of nitrogens with zero attached hydrogens (tertiary/aromatic N) is 2. The molecule has 1 aliphatic carbocycles. The Kier molecular flexibility index (Phi) is 2.54. The quantitative estimate of drug-likeness (QED) is 0.798. The lowest BCUT2D eigenvalue weighted by atomic mass is 10.00. The highest BCUT2D eigenvalue weighted by atomic mass is 16.5. The molecular weight excluding hydrogens is 178 g/mol. The summed E-state index contributed by atoms with van der Waals surface area (Å²) in [6.45, 7) is 4.23. The van der Waals surface area contributed by atoms with Crippen LogP contribution in [0.15, 0.2) is 4.52 Å². The van der Waals surface area contributed by atoms with Crippen molar-refractivity contribution < 1.29 is 4.52 Å². The molecule has 0 amide bonds. The molecule has 1 fully saturated rings.